The van der Waals surface area contributed by atoms with Crippen LogP contribution in [0.25, 0.3) is 10.2 Å². The van der Waals surface area contributed by atoms with Gasteiger partial charge in [0.15, 0.2) is 0 Å². The Labute approximate surface area is 206 Å². The fourth-order valence-corrected chi connectivity index (χ4v) is 4.48. The van der Waals surface area contributed by atoms with Crippen molar-refractivity contribution in [2.45, 2.75) is 25.7 Å². The largest absolute Gasteiger partial charge is 0.476 e. The number of thiophene rings is 1. The number of anilines is 2. The van der Waals surface area contributed by atoms with Gasteiger partial charge in [-0.2, -0.15) is 0 Å². The number of hydrogen-bond acceptors (Lipinski definition) is 8. The van der Waals surface area contributed by atoms with Crippen LogP contribution in [0.15, 0.2) is 24.7 Å². The standard InChI is InChI=1S/C22H26F2N6O2S.ClH/c1-13-16-18(29-15-6-4-7-26-20(15)32-11-14-10-22(14,23)24)27-12-28-21(16)33-17(13)19(31)25-8-5-9-30(2)3;/h4,6-7,12,14H,5,8-11H2,1-3H3,(H,25,31)(H,27,28,29);1H. The first-order valence-corrected chi connectivity index (χ1v) is 11.5. The van der Waals surface area contributed by atoms with Crippen molar-refractivity contribution >= 4 is 51.4 Å². The SMILES string of the molecule is Cc1c(C(=O)NCCCN(C)C)sc2ncnc(Nc3cccnc3OCC3CC3(F)F)c12.Cl. The third-order valence-electron chi connectivity index (χ3n) is 5.40. The fraction of sp³-hybridized carbons (Fsp3) is 0.455. The molecule has 1 amide bonds. The molecule has 0 aromatic carbocycles. The predicted molar refractivity (Wildman–Crippen MR) is 131 cm³/mol. The second kappa shape index (κ2) is 10.7. The minimum Gasteiger partial charge on any atom is -0.476 e. The first-order valence-electron chi connectivity index (χ1n) is 10.7. The molecule has 4 rings (SSSR count). The lowest BCUT2D eigenvalue weighted by molar-refractivity contribution is 0.0850. The van der Waals surface area contributed by atoms with E-state index in [-0.39, 0.29) is 37.2 Å². The van der Waals surface area contributed by atoms with Crippen LogP contribution in [-0.2, 0) is 0 Å². The molecule has 1 fully saturated rings. The Hall–Kier alpha value is -2.63. The highest BCUT2D eigenvalue weighted by molar-refractivity contribution is 7.20. The molecule has 0 saturated heterocycles. The van der Waals surface area contributed by atoms with Crippen LogP contribution in [0.1, 0.15) is 28.1 Å². The van der Waals surface area contributed by atoms with Gasteiger partial charge in [-0.1, -0.05) is 0 Å². The number of ether oxygens (including phenoxy) is 1. The number of rotatable bonds is 10. The smallest absolute Gasteiger partial charge is 0.261 e. The van der Waals surface area contributed by atoms with Crippen LogP contribution in [0.2, 0.25) is 0 Å². The van der Waals surface area contributed by atoms with E-state index in [1.807, 2.05) is 21.0 Å². The van der Waals surface area contributed by atoms with Gasteiger partial charge in [-0.05, 0) is 51.7 Å². The first kappa shape index (κ1) is 26.0. The number of amides is 1. The number of pyridine rings is 1. The van der Waals surface area contributed by atoms with E-state index < -0.39 is 11.8 Å². The number of hydrogen-bond donors (Lipinski definition) is 2. The number of fused-ring (bicyclic) bond motifs is 1. The maximum Gasteiger partial charge on any atom is 0.261 e. The summed E-state index contributed by atoms with van der Waals surface area (Å²) < 4.78 is 32.0. The third-order valence-corrected chi connectivity index (χ3v) is 6.60. The van der Waals surface area contributed by atoms with E-state index in [9.17, 15) is 13.6 Å². The molecule has 0 radical (unpaired) electrons. The van der Waals surface area contributed by atoms with Crippen molar-refractivity contribution in [3.63, 3.8) is 0 Å². The lowest BCUT2D eigenvalue weighted by Crippen LogP contribution is -2.26. The maximum atomic E-state index is 13.2. The predicted octanol–water partition coefficient (Wildman–Crippen LogP) is 4.28. The topological polar surface area (TPSA) is 92.3 Å². The number of nitrogens with zero attached hydrogens (tertiary/aromatic N) is 4. The lowest BCUT2D eigenvalue weighted by atomic mass is 10.2. The van der Waals surface area contributed by atoms with Crippen LogP contribution in [0.4, 0.5) is 20.3 Å². The monoisotopic (exact) mass is 512 g/mol. The molecule has 1 saturated carbocycles. The number of carbonyl (C=O) groups excluding carboxylic acids is 1. The molecule has 34 heavy (non-hydrogen) atoms. The highest BCUT2D eigenvalue weighted by atomic mass is 35.5. The summed E-state index contributed by atoms with van der Waals surface area (Å²) >= 11 is 1.30. The number of alkyl halides is 2. The van der Waals surface area contributed by atoms with Crippen molar-refractivity contribution in [3.05, 3.63) is 35.1 Å². The van der Waals surface area contributed by atoms with Gasteiger partial charge >= 0.3 is 0 Å². The van der Waals surface area contributed by atoms with Gasteiger partial charge in [-0.15, -0.1) is 23.7 Å². The Bertz CT molecular complexity index is 1160. The minimum atomic E-state index is -2.65. The molecular formula is C22H27ClF2N6O2S. The molecular weight excluding hydrogens is 486 g/mol. The zero-order valence-corrected chi connectivity index (χ0v) is 20.7. The Morgan fingerprint density at radius 2 is 2.09 bits per heavy atom. The summed E-state index contributed by atoms with van der Waals surface area (Å²) in [6, 6.07) is 3.45. The maximum absolute atomic E-state index is 13.2. The normalized spacial score (nSPS) is 16.2. The fourth-order valence-electron chi connectivity index (χ4n) is 3.42. The molecule has 184 valence electrons. The van der Waals surface area contributed by atoms with Gasteiger partial charge in [-0.25, -0.2) is 23.7 Å². The zero-order chi connectivity index (χ0) is 23.6. The molecule has 12 heteroatoms. The van der Waals surface area contributed by atoms with Gasteiger partial charge in [-0.3, -0.25) is 4.79 Å². The quantitative estimate of drug-likeness (QED) is 0.392. The second-order valence-corrected chi connectivity index (χ2v) is 9.32. The summed E-state index contributed by atoms with van der Waals surface area (Å²) in [5.41, 5.74) is 1.27. The van der Waals surface area contributed by atoms with Crippen LogP contribution in [-0.4, -0.2) is 65.5 Å². The number of carbonyl (C=O) groups is 1. The molecule has 1 aliphatic rings. The molecule has 3 heterocycles. The van der Waals surface area contributed by atoms with Gasteiger partial charge in [0.25, 0.3) is 11.8 Å². The Morgan fingerprint density at radius 3 is 2.79 bits per heavy atom. The summed E-state index contributed by atoms with van der Waals surface area (Å²) in [7, 11) is 3.98. The van der Waals surface area contributed by atoms with E-state index in [1.54, 1.807) is 12.1 Å². The number of aryl methyl sites for hydroxylation is 1. The van der Waals surface area contributed by atoms with E-state index >= 15 is 0 Å². The van der Waals surface area contributed by atoms with Crippen molar-refractivity contribution in [2.24, 2.45) is 5.92 Å². The minimum absolute atomic E-state index is 0. The Morgan fingerprint density at radius 1 is 1.32 bits per heavy atom. The number of halogens is 3. The van der Waals surface area contributed by atoms with Crippen molar-refractivity contribution in [1.29, 1.82) is 0 Å². The summed E-state index contributed by atoms with van der Waals surface area (Å²) in [5, 5.41) is 6.87. The second-order valence-electron chi connectivity index (χ2n) is 8.33. The van der Waals surface area contributed by atoms with Crippen molar-refractivity contribution in [2.75, 3.05) is 39.1 Å². The van der Waals surface area contributed by atoms with E-state index in [1.165, 1.54) is 23.9 Å². The average molecular weight is 513 g/mol. The highest BCUT2D eigenvalue weighted by Gasteiger charge is 2.57. The Kier molecular flexibility index (Phi) is 8.21. The van der Waals surface area contributed by atoms with E-state index in [0.29, 0.717) is 27.8 Å². The average Bonchev–Trinajstić information content (AvgIpc) is 3.24. The van der Waals surface area contributed by atoms with E-state index in [4.69, 9.17) is 4.74 Å². The summed E-state index contributed by atoms with van der Waals surface area (Å²) in [4.78, 5) is 28.9. The lowest BCUT2D eigenvalue weighted by Gasteiger charge is -2.12. The van der Waals surface area contributed by atoms with E-state index in [0.717, 1.165) is 23.9 Å². The molecule has 1 aliphatic carbocycles. The van der Waals surface area contributed by atoms with Crippen LogP contribution in [0.3, 0.4) is 0 Å². The van der Waals surface area contributed by atoms with Gasteiger partial charge in [0.05, 0.1) is 22.8 Å². The van der Waals surface area contributed by atoms with Crippen LogP contribution < -0.4 is 15.4 Å². The van der Waals surface area contributed by atoms with Gasteiger partial charge < -0.3 is 20.3 Å². The molecule has 3 aromatic heterocycles. The number of nitrogens with one attached hydrogen (secondary N) is 2. The van der Waals surface area contributed by atoms with Gasteiger partial charge in [0.2, 0.25) is 5.88 Å². The van der Waals surface area contributed by atoms with Gasteiger partial charge in [0, 0.05) is 19.2 Å². The molecule has 1 unspecified atom stereocenters. The van der Waals surface area contributed by atoms with Crippen LogP contribution in [0.5, 0.6) is 5.88 Å². The van der Waals surface area contributed by atoms with Crippen molar-refractivity contribution < 1.29 is 18.3 Å². The van der Waals surface area contributed by atoms with Crippen LogP contribution >= 0.6 is 23.7 Å². The zero-order valence-electron chi connectivity index (χ0n) is 19.1. The molecule has 1 atom stereocenters. The Balaban J connectivity index is 0.00000324. The molecule has 0 aliphatic heterocycles. The van der Waals surface area contributed by atoms with Gasteiger partial charge in [0.1, 0.15) is 22.7 Å². The number of aromatic nitrogens is 3. The molecule has 0 bridgehead atoms. The first-order chi connectivity index (χ1) is 15.8. The molecule has 8 nitrogen and oxygen atoms in total. The molecule has 2 N–H and O–H groups in total. The molecule has 0 spiro atoms. The van der Waals surface area contributed by atoms with Crippen molar-refractivity contribution in [1.82, 2.24) is 25.2 Å². The summed E-state index contributed by atoms with van der Waals surface area (Å²) in [6.45, 7) is 3.22. The molecule has 3 aromatic rings. The van der Waals surface area contributed by atoms with Crippen molar-refractivity contribution in [3.8, 4) is 5.88 Å². The highest BCUT2D eigenvalue weighted by Crippen LogP contribution is 2.48. The van der Waals surface area contributed by atoms with E-state index in [2.05, 4.69) is 30.5 Å². The summed E-state index contributed by atoms with van der Waals surface area (Å²) in [6.07, 6.45) is 3.64. The third kappa shape index (κ3) is 5.89. The summed E-state index contributed by atoms with van der Waals surface area (Å²) in [5.74, 6) is -2.86. The van der Waals surface area contributed by atoms with Crippen LogP contribution in [0, 0.1) is 12.8 Å².